The zero-order valence-corrected chi connectivity index (χ0v) is 14.9. The summed E-state index contributed by atoms with van der Waals surface area (Å²) in [5, 5.41) is 3.99. The van der Waals surface area contributed by atoms with Crippen molar-refractivity contribution in [3.63, 3.8) is 0 Å². The smallest absolute Gasteiger partial charge is 0.138 e. The molecular formula is C14H15BrCl2N4. The number of hydrogen-bond donors (Lipinski definition) is 2. The van der Waals surface area contributed by atoms with E-state index in [4.69, 9.17) is 28.9 Å². The number of benzene rings is 1. The fourth-order valence-electron chi connectivity index (χ4n) is 1.63. The Morgan fingerprint density at radius 3 is 2.43 bits per heavy atom. The van der Waals surface area contributed by atoms with E-state index < -0.39 is 0 Å². The van der Waals surface area contributed by atoms with Gasteiger partial charge in [0, 0.05) is 16.0 Å². The third kappa shape index (κ3) is 3.78. The summed E-state index contributed by atoms with van der Waals surface area (Å²) >= 11 is 15.7. The second-order valence-corrected chi connectivity index (χ2v) is 7.21. The van der Waals surface area contributed by atoms with Gasteiger partial charge in [-0.15, -0.1) is 0 Å². The molecule has 0 bridgehead atoms. The van der Waals surface area contributed by atoms with Gasteiger partial charge in [-0.1, -0.05) is 44.0 Å². The lowest BCUT2D eigenvalue weighted by Gasteiger charge is -2.18. The molecule has 1 aromatic heterocycles. The second-order valence-electron chi connectivity index (χ2n) is 5.60. The van der Waals surface area contributed by atoms with Crippen LogP contribution in [-0.4, -0.2) is 9.97 Å². The standard InChI is InChI=1S/C14H15BrCl2N4/c1-14(2,3)13-20-9(18)6-10(21-13)19-8-5-4-7(15)11(16)12(8)17/h4-6H,1-3H3,(H3,18,19,20,21). The van der Waals surface area contributed by atoms with Crippen molar-refractivity contribution >= 4 is 56.5 Å². The molecule has 1 aromatic carbocycles. The van der Waals surface area contributed by atoms with E-state index in [0.717, 1.165) is 4.47 Å². The molecule has 4 nitrogen and oxygen atoms in total. The van der Waals surface area contributed by atoms with Gasteiger partial charge in [0.1, 0.15) is 17.5 Å². The fourth-order valence-corrected chi connectivity index (χ4v) is 2.45. The average molecular weight is 390 g/mol. The predicted octanol–water partition coefficient (Wildman–Crippen LogP) is 5.17. The van der Waals surface area contributed by atoms with Gasteiger partial charge in [0.25, 0.3) is 0 Å². The summed E-state index contributed by atoms with van der Waals surface area (Å²) in [7, 11) is 0. The Labute approximate surface area is 142 Å². The maximum Gasteiger partial charge on any atom is 0.138 e. The Hall–Kier alpha value is -1.04. The number of nitrogens with two attached hydrogens (primary N) is 1. The SMILES string of the molecule is CC(C)(C)c1nc(N)cc(Nc2ccc(Br)c(Cl)c2Cl)n1. The molecule has 1 heterocycles. The van der Waals surface area contributed by atoms with Crippen molar-refractivity contribution in [1.29, 1.82) is 0 Å². The van der Waals surface area contributed by atoms with Crippen LogP contribution in [0.2, 0.25) is 10.0 Å². The zero-order chi connectivity index (χ0) is 15.8. The lowest BCUT2D eigenvalue weighted by molar-refractivity contribution is 0.547. The minimum Gasteiger partial charge on any atom is -0.384 e. The first-order valence-corrected chi connectivity index (χ1v) is 7.79. The van der Waals surface area contributed by atoms with Crippen LogP contribution >= 0.6 is 39.1 Å². The third-order valence-corrected chi connectivity index (χ3v) is 4.49. The summed E-state index contributed by atoms with van der Waals surface area (Å²) in [6, 6.07) is 5.28. The molecule has 0 fully saturated rings. The van der Waals surface area contributed by atoms with Crippen LogP contribution in [-0.2, 0) is 5.41 Å². The number of halogens is 3. The van der Waals surface area contributed by atoms with Crippen LogP contribution in [0.15, 0.2) is 22.7 Å². The highest BCUT2D eigenvalue weighted by Gasteiger charge is 2.19. The van der Waals surface area contributed by atoms with Crippen LogP contribution in [0.5, 0.6) is 0 Å². The highest BCUT2D eigenvalue weighted by molar-refractivity contribution is 9.10. The van der Waals surface area contributed by atoms with Crippen LogP contribution in [0.1, 0.15) is 26.6 Å². The maximum atomic E-state index is 6.22. The van der Waals surface area contributed by atoms with E-state index in [1.165, 1.54) is 0 Å². The molecular weight excluding hydrogens is 375 g/mol. The van der Waals surface area contributed by atoms with E-state index in [1.807, 2.05) is 32.9 Å². The zero-order valence-electron chi connectivity index (χ0n) is 11.8. The molecule has 0 radical (unpaired) electrons. The molecule has 2 rings (SSSR count). The van der Waals surface area contributed by atoms with Gasteiger partial charge in [-0.05, 0) is 28.1 Å². The van der Waals surface area contributed by atoms with Gasteiger partial charge >= 0.3 is 0 Å². The molecule has 0 atom stereocenters. The highest BCUT2D eigenvalue weighted by Crippen LogP contribution is 2.37. The van der Waals surface area contributed by atoms with Crippen molar-refractivity contribution in [3.05, 3.63) is 38.5 Å². The number of nitrogen functional groups attached to an aromatic ring is 1. The molecule has 0 saturated carbocycles. The first-order valence-electron chi connectivity index (χ1n) is 6.24. The third-order valence-electron chi connectivity index (χ3n) is 2.71. The number of hydrogen-bond acceptors (Lipinski definition) is 4. The van der Waals surface area contributed by atoms with Crippen LogP contribution < -0.4 is 11.1 Å². The topological polar surface area (TPSA) is 63.8 Å². The van der Waals surface area contributed by atoms with E-state index in [1.54, 1.807) is 6.07 Å². The van der Waals surface area contributed by atoms with Crippen molar-refractivity contribution in [2.45, 2.75) is 26.2 Å². The molecule has 2 aromatic rings. The van der Waals surface area contributed by atoms with Gasteiger partial charge in [-0.3, -0.25) is 0 Å². The molecule has 112 valence electrons. The van der Waals surface area contributed by atoms with Gasteiger partial charge in [0.15, 0.2) is 0 Å². The van der Waals surface area contributed by atoms with Gasteiger partial charge < -0.3 is 11.1 Å². The monoisotopic (exact) mass is 388 g/mol. The van der Waals surface area contributed by atoms with Gasteiger partial charge in [-0.25, -0.2) is 9.97 Å². The first-order chi connectivity index (χ1) is 9.68. The van der Waals surface area contributed by atoms with Gasteiger partial charge in [0.05, 0.1) is 15.7 Å². The number of nitrogens with zero attached hydrogens (tertiary/aromatic N) is 2. The van der Waals surface area contributed by atoms with Crippen molar-refractivity contribution in [1.82, 2.24) is 9.97 Å². The molecule has 7 heteroatoms. The molecule has 0 spiro atoms. The minimum absolute atomic E-state index is 0.201. The van der Waals surface area contributed by atoms with Gasteiger partial charge in [0.2, 0.25) is 0 Å². The molecule has 21 heavy (non-hydrogen) atoms. The Morgan fingerprint density at radius 2 is 1.81 bits per heavy atom. The molecule has 0 aliphatic rings. The fraction of sp³-hybridized carbons (Fsp3) is 0.286. The number of rotatable bonds is 2. The lowest BCUT2D eigenvalue weighted by Crippen LogP contribution is -2.17. The second kappa shape index (κ2) is 5.99. The quantitative estimate of drug-likeness (QED) is 0.695. The average Bonchev–Trinajstić information content (AvgIpc) is 2.38. The lowest BCUT2D eigenvalue weighted by atomic mass is 9.96. The van der Waals surface area contributed by atoms with E-state index in [-0.39, 0.29) is 5.41 Å². The molecule has 0 saturated heterocycles. The Kier molecular flexibility index (Phi) is 4.66. The summed E-state index contributed by atoms with van der Waals surface area (Å²) < 4.78 is 0.734. The van der Waals surface area contributed by atoms with E-state index in [0.29, 0.717) is 33.2 Å². The van der Waals surface area contributed by atoms with Crippen LogP contribution in [0.4, 0.5) is 17.3 Å². The van der Waals surface area contributed by atoms with E-state index in [2.05, 4.69) is 31.2 Å². The Morgan fingerprint density at radius 1 is 1.14 bits per heavy atom. The molecule has 0 aliphatic carbocycles. The summed E-state index contributed by atoms with van der Waals surface area (Å²) in [5.41, 5.74) is 6.30. The van der Waals surface area contributed by atoms with Crippen molar-refractivity contribution in [2.75, 3.05) is 11.1 Å². The summed E-state index contributed by atoms with van der Waals surface area (Å²) in [6.45, 7) is 6.07. The Bertz CT molecular complexity index is 683. The summed E-state index contributed by atoms with van der Waals surface area (Å²) in [5.74, 6) is 1.63. The highest BCUT2D eigenvalue weighted by atomic mass is 79.9. The van der Waals surface area contributed by atoms with Crippen molar-refractivity contribution < 1.29 is 0 Å². The first kappa shape index (κ1) is 16.3. The Balaban J connectivity index is 2.41. The normalized spacial score (nSPS) is 11.5. The van der Waals surface area contributed by atoms with Crippen LogP contribution in [0.3, 0.4) is 0 Å². The number of aromatic nitrogens is 2. The van der Waals surface area contributed by atoms with Gasteiger partial charge in [-0.2, -0.15) is 0 Å². The summed E-state index contributed by atoms with van der Waals surface area (Å²) in [6.07, 6.45) is 0. The van der Waals surface area contributed by atoms with E-state index >= 15 is 0 Å². The molecule has 0 aliphatic heterocycles. The number of nitrogens with one attached hydrogen (secondary N) is 1. The minimum atomic E-state index is -0.201. The molecule has 0 amide bonds. The predicted molar refractivity (Wildman–Crippen MR) is 92.6 cm³/mol. The number of anilines is 3. The summed E-state index contributed by atoms with van der Waals surface area (Å²) in [4.78, 5) is 8.74. The van der Waals surface area contributed by atoms with Crippen LogP contribution in [0, 0.1) is 0 Å². The largest absolute Gasteiger partial charge is 0.384 e. The van der Waals surface area contributed by atoms with E-state index in [9.17, 15) is 0 Å². The van der Waals surface area contributed by atoms with Crippen LogP contribution in [0.25, 0.3) is 0 Å². The molecule has 0 unspecified atom stereocenters. The molecule has 3 N–H and O–H groups in total. The maximum absolute atomic E-state index is 6.22. The van der Waals surface area contributed by atoms with Crippen molar-refractivity contribution in [2.24, 2.45) is 0 Å². The van der Waals surface area contributed by atoms with Crippen molar-refractivity contribution in [3.8, 4) is 0 Å².